The fourth-order valence-electron chi connectivity index (χ4n) is 1.08. The van der Waals surface area contributed by atoms with E-state index < -0.39 is 0 Å². The van der Waals surface area contributed by atoms with Gasteiger partial charge in [0.05, 0.1) is 0 Å². The predicted octanol–water partition coefficient (Wildman–Crippen LogP) is 1.72. The van der Waals surface area contributed by atoms with Gasteiger partial charge in [-0.25, -0.2) is 0 Å². The Labute approximate surface area is 62.7 Å². The molecule has 0 aromatic heterocycles. The minimum absolute atomic E-state index is 0. The van der Waals surface area contributed by atoms with Crippen LogP contribution in [0.15, 0.2) is 12.2 Å². The first-order valence-corrected chi connectivity index (χ1v) is 3.30. The molecule has 0 bridgehead atoms. The highest BCUT2D eigenvalue weighted by molar-refractivity contribution is 5.85. The summed E-state index contributed by atoms with van der Waals surface area (Å²) in [4.78, 5) is 0. The maximum atomic E-state index is 5.45. The van der Waals surface area contributed by atoms with Crippen molar-refractivity contribution in [3.63, 3.8) is 0 Å². The van der Waals surface area contributed by atoms with E-state index in [1.54, 1.807) is 0 Å². The second-order valence-corrected chi connectivity index (χ2v) is 2.35. The molecule has 0 fully saturated rings. The molecule has 54 valence electrons. The van der Waals surface area contributed by atoms with Gasteiger partial charge in [-0.05, 0) is 31.7 Å². The minimum atomic E-state index is 0. The van der Waals surface area contributed by atoms with E-state index in [0.717, 1.165) is 6.54 Å². The van der Waals surface area contributed by atoms with Crippen molar-refractivity contribution in [1.82, 2.24) is 0 Å². The SMILES string of the molecule is Cl.NCC1C=CCCC1. The van der Waals surface area contributed by atoms with Crippen molar-refractivity contribution in [2.24, 2.45) is 11.7 Å². The molecule has 1 nitrogen and oxygen atoms in total. The van der Waals surface area contributed by atoms with Crippen LogP contribution in [-0.4, -0.2) is 6.54 Å². The zero-order valence-electron chi connectivity index (χ0n) is 5.55. The van der Waals surface area contributed by atoms with E-state index in [0.29, 0.717) is 5.92 Å². The van der Waals surface area contributed by atoms with Crippen LogP contribution in [0.1, 0.15) is 19.3 Å². The van der Waals surface area contributed by atoms with E-state index in [-0.39, 0.29) is 12.4 Å². The Kier molecular flexibility index (Phi) is 4.83. The van der Waals surface area contributed by atoms with Crippen molar-refractivity contribution in [1.29, 1.82) is 0 Å². The van der Waals surface area contributed by atoms with E-state index in [4.69, 9.17) is 5.73 Å². The van der Waals surface area contributed by atoms with Crippen LogP contribution in [0.2, 0.25) is 0 Å². The van der Waals surface area contributed by atoms with Crippen molar-refractivity contribution in [3.05, 3.63) is 12.2 Å². The summed E-state index contributed by atoms with van der Waals surface area (Å²) in [5, 5.41) is 0. The summed E-state index contributed by atoms with van der Waals surface area (Å²) in [5.41, 5.74) is 5.45. The number of rotatable bonds is 1. The average Bonchev–Trinajstić information content (AvgIpc) is 1.90. The van der Waals surface area contributed by atoms with Gasteiger partial charge in [0, 0.05) is 0 Å². The molecule has 1 rings (SSSR count). The molecule has 1 aliphatic rings. The maximum Gasteiger partial charge on any atom is -0.00142 e. The van der Waals surface area contributed by atoms with Crippen molar-refractivity contribution < 1.29 is 0 Å². The van der Waals surface area contributed by atoms with Crippen LogP contribution < -0.4 is 5.73 Å². The highest BCUT2D eigenvalue weighted by atomic mass is 35.5. The fourth-order valence-corrected chi connectivity index (χ4v) is 1.08. The lowest BCUT2D eigenvalue weighted by Gasteiger charge is -2.12. The second kappa shape index (κ2) is 4.83. The van der Waals surface area contributed by atoms with Gasteiger partial charge in [0.1, 0.15) is 0 Å². The highest BCUT2D eigenvalue weighted by Crippen LogP contribution is 2.14. The summed E-state index contributed by atoms with van der Waals surface area (Å²) in [5.74, 6) is 0.684. The molecule has 0 amide bonds. The molecule has 0 radical (unpaired) electrons. The Morgan fingerprint density at radius 3 is 2.67 bits per heavy atom. The molecular weight excluding hydrogens is 134 g/mol. The standard InChI is InChI=1S/C7H13N.ClH/c8-6-7-4-2-1-3-5-7;/h2,4,7H,1,3,5-6,8H2;1H. The maximum absolute atomic E-state index is 5.45. The Morgan fingerprint density at radius 2 is 2.33 bits per heavy atom. The van der Waals surface area contributed by atoms with Crippen molar-refractivity contribution in [3.8, 4) is 0 Å². The smallest absolute Gasteiger partial charge is 0.00142 e. The number of halogens is 1. The summed E-state index contributed by atoms with van der Waals surface area (Å²) in [6.07, 6.45) is 8.37. The largest absolute Gasteiger partial charge is 0.330 e. The molecule has 2 N–H and O–H groups in total. The predicted molar refractivity (Wildman–Crippen MR) is 42.8 cm³/mol. The Hall–Kier alpha value is -0.0100. The Morgan fingerprint density at radius 1 is 1.56 bits per heavy atom. The summed E-state index contributed by atoms with van der Waals surface area (Å²) < 4.78 is 0. The third kappa shape index (κ3) is 2.87. The van der Waals surface area contributed by atoms with Crippen LogP contribution in [0.5, 0.6) is 0 Å². The number of allylic oxidation sites excluding steroid dienone is 1. The molecule has 0 aromatic carbocycles. The molecule has 0 aliphatic heterocycles. The molecule has 1 atom stereocenters. The quantitative estimate of drug-likeness (QED) is 0.562. The van der Waals surface area contributed by atoms with Crippen LogP contribution in [-0.2, 0) is 0 Å². The average molecular weight is 148 g/mol. The zero-order valence-corrected chi connectivity index (χ0v) is 6.36. The molecule has 1 unspecified atom stereocenters. The van der Waals surface area contributed by atoms with Gasteiger partial charge in [-0.15, -0.1) is 12.4 Å². The molecule has 0 spiro atoms. The van der Waals surface area contributed by atoms with Gasteiger partial charge in [-0.2, -0.15) is 0 Å². The third-order valence-electron chi connectivity index (χ3n) is 1.66. The molecule has 0 aromatic rings. The minimum Gasteiger partial charge on any atom is -0.330 e. The first-order chi connectivity index (χ1) is 3.93. The molecule has 0 heterocycles. The summed E-state index contributed by atoms with van der Waals surface area (Å²) >= 11 is 0. The van der Waals surface area contributed by atoms with Crippen LogP contribution >= 0.6 is 12.4 Å². The second-order valence-electron chi connectivity index (χ2n) is 2.35. The molecule has 0 saturated carbocycles. The lowest BCUT2D eigenvalue weighted by Crippen LogP contribution is -2.13. The van der Waals surface area contributed by atoms with Crippen LogP contribution in [0.25, 0.3) is 0 Å². The van der Waals surface area contributed by atoms with Gasteiger partial charge < -0.3 is 5.73 Å². The molecule has 2 heteroatoms. The van der Waals surface area contributed by atoms with Gasteiger partial charge in [-0.1, -0.05) is 12.2 Å². The first-order valence-electron chi connectivity index (χ1n) is 3.30. The Balaban J connectivity index is 0.000000640. The lowest BCUT2D eigenvalue weighted by atomic mass is 9.96. The van der Waals surface area contributed by atoms with E-state index in [1.165, 1.54) is 19.3 Å². The normalized spacial score (nSPS) is 25.2. The Bertz CT molecular complexity index is 90.9. The summed E-state index contributed by atoms with van der Waals surface area (Å²) in [6.45, 7) is 0.830. The van der Waals surface area contributed by atoms with Gasteiger partial charge in [-0.3, -0.25) is 0 Å². The van der Waals surface area contributed by atoms with Gasteiger partial charge >= 0.3 is 0 Å². The van der Waals surface area contributed by atoms with Gasteiger partial charge in [0.25, 0.3) is 0 Å². The van der Waals surface area contributed by atoms with E-state index in [2.05, 4.69) is 12.2 Å². The van der Waals surface area contributed by atoms with Gasteiger partial charge in [0.15, 0.2) is 0 Å². The van der Waals surface area contributed by atoms with Crippen LogP contribution in [0.3, 0.4) is 0 Å². The topological polar surface area (TPSA) is 26.0 Å². The van der Waals surface area contributed by atoms with E-state index in [9.17, 15) is 0 Å². The number of nitrogens with two attached hydrogens (primary N) is 1. The summed E-state index contributed by atoms with van der Waals surface area (Å²) in [7, 11) is 0. The molecule has 0 saturated heterocycles. The van der Waals surface area contributed by atoms with Crippen molar-refractivity contribution in [2.45, 2.75) is 19.3 Å². The highest BCUT2D eigenvalue weighted by Gasteiger charge is 2.03. The first kappa shape index (κ1) is 8.99. The molecular formula is C7H14ClN. The number of hydrogen-bond acceptors (Lipinski definition) is 1. The monoisotopic (exact) mass is 147 g/mol. The van der Waals surface area contributed by atoms with Crippen molar-refractivity contribution in [2.75, 3.05) is 6.54 Å². The number of hydrogen-bond donors (Lipinski definition) is 1. The van der Waals surface area contributed by atoms with Crippen LogP contribution in [0.4, 0.5) is 0 Å². The van der Waals surface area contributed by atoms with E-state index in [1.807, 2.05) is 0 Å². The molecule has 1 aliphatic carbocycles. The van der Waals surface area contributed by atoms with Crippen molar-refractivity contribution >= 4 is 12.4 Å². The van der Waals surface area contributed by atoms with E-state index >= 15 is 0 Å². The lowest BCUT2D eigenvalue weighted by molar-refractivity contribution is 0.550. The summed E-state index contributed by atoms with van der Waals surface area (Å²) in [6, 6.07) is 0. The third-order valence-corrected chi connectivity index (χ3v) is 1.66. The zero-order chi connectivity index (χ0) is 5.82. The van der Waals surface area contributed by atoms with Crippen LogP contribution in [0, 0.1) is 5.92 Å². The molecule has 9 heavy (non-hydrogen) atoms. The fraction of sp³-hybridized carbons (Fsp3) is 0.714. The van der Waals surface area contributed by atoms with Gasteiger partial charge in [0.2, 0.25) is 0 Å².